The third-order valence-electron chi connectivity index (χ3n) is 5.90. The molecule has 3 N–H and O–H groups in total. The van der Waals surface area contributed by atoms with Crippen LogP contribution in [0, 0.1) is 11.2 Å². The second kappa shape index (κ2) is 10.5. The SMILES string of the molecule is COc1cc2cc(-c3ccc(CC(=O)NC(=O)C=C(N)C(C)(C)C(F)(F)F)c(F)c3)cnc2cc1OC. The number of nitrogens with two attached hydrogens (primary N) is 1. The van der Waals surface area contributed by atoms with E-state index >= 15 is 0 Å². The number of fused-ring (bicyclic) bond motifs is 1. The smallest absolute Gasteiger partial charge is 0.399 e. The molecule has 2 aromatic carbocycles. The predicted molar refractivity (Wildman–Crippen MR) is 129 cm³/mol. The number of nitrogens with one attached hydrogen (secondary N) is 1. The Morgan fingerprint density at radius 2 is 1.68 bits per heavy atom. The van der Waals surface area contributed by atoms with E-state index in [4.69, 9.17) is 15.2 Å². The Morgan fingerprint density at radius 3 is 2.27 bits per heavy atom. The molecule has 0 atom stereocenters. The highest BCUT2D eigenvalue weighted by Crippen LogP contribution is 2.41. The highest BCUT2D eigenvalue weighted by atomic mass is 19.4. The van der Waals surface area contributed by atoms with Crippen LogP contribution < -0.4 is 20.5 Å². The highest BCUT2D eigenvalue weighted by molar-refractivity contribution is 6.01. The molecule has 0 aliphatic heterocycles. The van der Waals surface area contributed by atoms with Gasteiger partial charge in [-0.25, -0.2) is 4.39 Å². The molecule has 0 aliphatic carbocycles. The maximum absolute atomic E-state index is 14.8. The Bertz CT molecular complexity index is 1380. The van der Waals surface area contributed by atoms with Gasteiger partial charge in [0.2, 0.25) is 5.91 Å². The zero-order chi connectivity index (χ0) is 27.5. The number of hydrogen-bond acceptors (Lipinski definition) is 6. The number of nitrogens with zero attached hydrogens (tertiary/aromatic N) is 1. The molecule has 0 bridgehead atoms. The van der Waals surface area contributed by atoms with Gasteiger partial charge >= 0.3 is 6.18 Å². The van der Waals surface area contributed by atoms with Crippen molar-refractivity contribution in [3.05, 3.63) is 65.7 Å². The van der Waals surface area contributed by atoms with Crippen LogP contribution in [-0.2, 0) is 16.0 Å². The summed E-state index contributed by atoms with van der Waals surface area (Å²) in [7, 11) is 3.02. The average molecular weight is 519 g/mol. The van der Waals surface area contributed by atoms with Crippen molar-refractivity contribution in [3.63, 3.8) is 0 Å². The molecule has 37 heavy (non-hydrogen) atoms. The molecule has 0 aliphatic rings. The van der Waals surface area contributed by atoms with E-state index in [1.54, 1.807) is 30.5 Å². The van der Waals surface area contributed by atoms with Crippen LogP contribution in [0.5, 0.6) is 11.5 Å². The van der Waals surface area contributed by atoms with Gasteiger partial charge in [-0.3, -0.25) is 19.9 Å². The Kier molecular flexibility index (Phi) is 7.75. The quantitative estimate of drug-likeness (QED) is 0.347. The summed E-state index contributed by atoms with van der Waals surface area (Å²) in [6.07, 6.45) is -3.14. The molecular weight excluding hydrogens is 494 g/mol. The normalized spacial score (nSPS) is 12.4. The number of amides is 2. The molecule has 0 unspecified atom stereocenters. The van der Waals surface area contributed by atoms with Gasteiger partial charge in [-0.15, -0.1) is 0 Å². The second-order valence-corrected chi connectivity index (χ2v) is 8.74. The number of ether oxygens (including phenoxy) is 2. The fraction of sp³-hybridized carbons (Fsp3) is 0.269. The van der Waals surface area contributed by atoms with Crippen LogP contribution in [0.25, 0.3) is 22.0 Å². The van der Waals surface area contributed by atoms with Crippen molar-refractivity contribution in [1.82, 2.24) is 10.3 Å². The number of methoxy groups -OCH3 is 2. The number of halogens is 4. The largest absolute Gasteiger partial charge is 0.493 e. The third-order valence-corrected chi connectivity index (χ3v) is 5.90. The van der Waals surface area contributed by atoms with Crippen molar-refractivity contribution in [2.24, 2.45) is 11.1 Å². The molecule has 0 saturated carbocycles. The molecule has 0 saturated heterocycles. The summed E-state index contributed by atoms with van der Waals surface area (Å²) in [5.41, 5.74) is 3.92. The number of carbonyl (C=O) groups is 2. The molecule has 1 heterocycles. The topological polar surface area (TPSA) is 104 Å². The number of pyridine rings is 1. The minimum Gasteiger partial charge on any atom is -0.493 e. The summed E-state index contributed by atoms with van der Waals surface area (Å²) in [4.78, 5) is 28.6. The number of aromatic nitrogens is 1. The molecule has 3 rings (SSSR count). The van der Waals surface area contributed by atoms with E-state index in [0.717, 1.165) is 19.2 Å². The Labute approximate surface area is 210 Å². The summed E-state index contributed by atoms with van der Waals surface area (Å²) in [6.45, 7) is 1.62. The van der Waals surface area contributed by atoms with Gasteiger partial charge in [0.1, 0.15) is 5.82 Å². The van der Waals surface area contributed by atoms with Gasteiger partial charge < -0.3 is 15.2 Å². The number of alkyl halides is 3. The summed E-state index contributed by atoms with van der Waals surface area (Å²) < 4.78 is 64.5. The zero-order valence-corrected chi connectivity index (χ0v) is 20.5. The van der Waals surface area contributed by atoms with Gasteiger partial charge in [-0.2, -0.15) is 13.2 Å². The fourth-order valence-electron chi connectivity index (χ4n) is 3.36. The molecule has 1 aromatic heterocycles. The number of benzene rings is 2. The summed E-state index contributed by atoms with van der Waals surface area (Å²) >= 11 is 0. The standard InChI is InChI=1S/C26H25F4N3O4/c1-25(2,26(28,29)30)22(31)12-24(35)33-23(34)10-15-6-5-14(8-18(15)27)17-7-16-9-20(36-3)21(37-4)11-19(16)32-13-17/h5-9,11-13H,10,31H2,1-4H3,(H,33,34,35). The van der Waals surface area contributed by atoms with E-state index in [9.17, 15) is 27.2 Å². The van der Waals surface area contributed by atoms with E-state index in [2.05, 4.69) is 4.98 Å². The minimum absolute atomic E-state index is 0.0122. The van der Waals surface area contributed by atoms with E-state index < -0.39 is 41.3 Å². The maximum atomic E-state index is 14.8. The van der Waals surface area contributed by atoms with E-state index in [1.165, 1.54) is 26.4 Å². The van der Waals surface area contributed by atoms with Crippen LogP contribution >= 0.6 is 0 Å². The zero-order valence-electron chi connectivity index (χ0n) is 20.5. The molecule has 0 spiro atoms. The van der Waals surface area contributed by atoms with Gasteiger partial charge in [0, 0.05) is 35.0 Å². The molecule has 0 radical (unpaired) electrons. The number of hydrogen-bond donors (Lipinski definition) is 2. The first-order valence-corrected chi connectivity index (χ1v) is 11.0. The van der Waals surface area contributed by atoms with Crippen molar-refractivity contribution in [2.75, 3.05) is 14.2 Å². The van der Waals surface area contributed by atoms with Crippen LogP contribution in [0.2, 0.25) is 0 Å². The number of allylic oxidation sites excluding steroid dienone is 1. The van der Waals surface area contributed by atoms with Gasteiger partial charge in [-0.1, -0.05) is 12.1 Å². The summed E-state index contributed by atoms with van der Waals surface area (Å²) in [6, 6.07) is 9.44. The monoisotopic (exact) mass is 519 g/mol. The lowest BCUT2D eigenvalue weighted by molar-refractivity contribution is -0.197. The predicted octanol–water partition coefficient (Wildman–Crippen LogP) is 4.67. The molecule has 3 aromatic rings. The lowest BCUT2D eigenvalue weighted by Gasteiger charge is -2.28. The van der Waals surface area contributed by atoms with Crippen LogP contribution in [0.4, 0.5) is 17.6 Å². The van der Waals surface area contributed by atoms with Crippen LogP contribution in [-0.4, -0.2) is 37.2 Å². The second-order valence-electron chi connectivity index (χ2n) is 8.74. The van der Waals surface area contributed by atoms with Crippen molar-refractivity contribution in [1.29, 1.82) is 0 Å². The van der Waals surface area contributed by atoms with Crippen molar-refractivity contribution in [3.8, 4) is 22.6 Å². The third kappa shape index (κ3) is 5.99. The van der Waals surface area contributed by atoms with Gasteiger partial charge in [-0.05, 0) is 43.2 Å². The molecule has 11 heteroatoms. The maximum Gasteiger partial charge on any atom is 0.399 e. The van der Waals surface area contributed by atoms with Crippen molar-refractivity contribution < 1.29 is 36.6 Å². The number of rotatable bonds is 7. The van der Waals surface area contributed by atoms with E-state index in [-0.39, 0.29) is 5.56 Å². The number of imide groups is 1. The lowest BCUT2D eigenvalue weighted by Crippen LogP contribution is -2.39. The van der Waals surface area contributed by atoms with Crippen molar-refractivity contribution in [2.45, 2.75) is 26.4 Å². The first kappa shape index (κ1) is 27.4. The molecule has 0 fully saturated rings. The Morgan fingerprint density at radius 1 is 1.03 bits per heavy atom. The highest BCUT2D eigenvalue weighted by Gasteiger charge is 2.49. The molecule has 7 nitrogen and oxygen atoms in total. The summed E-state index contributed by atoms with van der Waals surface area (Å²) in [5.74, 6) is -1.72. The van der Waals surface area contributed by atoms with E-state index in [0.29, 0.717) is 34.2 Å². The first-order chi connectivity index (χ1) is 17.3. The van der Waals surface area contributed by atoms with Crippen LogP contribution in [0.3, 0.4) is 0 Å². The van der Waals surface area contributed by atoms with Gasteiger partial charge in [0.15, 0.2) is 11.5 Å². The van der Waals surface area contributed by atoms with Crippen LogP contribution in [0.1, 0.15) is 19.4 Å². The first-order valence-electron chi connectivity index (χ1n) is 11.0. The Hall–Kier alpha value is -4.15. The Balaban J connectivity index is 1.75. The molecule has 196 valence electrons. The fourth-order valence-corrected chi connectivity index (χ4v) is 3.36. The van der Waals surface area contributed by atoms with Gasteiger partial charge in [0.05, 0.1) is 31.6 Å². The average Bonchev–Trinajstić information content (AvgIpc) is 2.83. The van der Waals surface area contributed by atoms with Crippen LogP contribution in [0.15, 0.2) is 54.4 Å². The molecule has 2 amide bonds. The molecular formula is C26H25F4N3O4. The summed E-state index contributed by atoms with van der Waals surface area (Å²) in [5, 5.41) is 2.63. The van der Waals surface area contributed by atoms with Crippen molar-refractivity contribution >= 4 is 22.7 Å². The lowest BCUT2D eigenvalue weighted by atomic mass is 9.88. The number of carbonyl (C=O) groups excluding carboxylic acids is 2. The van der Waals surface area contributed by atoms with Gasteiger partial charge in [0.25, 0.3) is 5.91 Å². The minimum atomic E-state index is -4.69. The van der Waals surface area contributed by atoms with E-state index in [1.807, 2.05) is 5.32 Å².